The zero-order valence-corrected chi connectivity index (χ0v) is 15.0. The second kappa shape index (κ2) is 7.11. The molecule has 0 saturated carbocycles. The van der Waals surface area contributed by atoms with E-state index in [1.807, 2.05) is 24.3 Å². The molecule has 0 fully saturated rings. The van der Waals surface area contributed by atoms with Crippen molar-refractivity contribution in [3.63, 3.8) is 0 Å². The van der Waals surface area contributed by atoms with E-state index < -0.39 is 14.2 Å². The minimum Gasteiger partial charge on any atom is -0.392 e. The van der Waals surface area contributed by atoms with Gasteiger partial charge >= 0.3 is 0 Å². The lowest BCUT2D eigenvalue weighted by molar-refractivity contribution is 0.0630. The maximum Gasteiger partial charge on any atom is 0.129 e. The molecule has 1 aromatic carbocycles. The molecule has 114 valence electrons. The number of rotatable bonds is 5. The van der Waals surface area contributed by atoms with Crippen LogP contribution in [0, 0.1) is 17.4 Å². The second-order valence-electron chi connectivity index (χ2n) is 7.19. The standard InChI is InChI=1S/C19H28OSi/c1-7-16(12-11-15-21(4,5)6)18(20)19(2,3)17-13-9-8-10-14-17/h7-10,13-14,16,18,20H,1,12H2,2-6H3/t16-,18-/m1/s1. The first-order chi connectivity index (χ1) is 9.68. The Morgan fingerprint density at radius 2 is 1.81 bits per heavy atom. The van der Waals surface area contributed by atoms with Gasteiger partial charge in [0, 0.05) is 17.8 Å². The Kier molecular flexibility index (Phi) is 6.01. The highest BCUT2D eigenvalue weighted by atomic mass is 28.3. The smallest absolute Gasteiger partial charge is 0.129 e. The zero-order chi connectivity index (χ0) is 16.1. The van der Waals surface area contributed by atoms with Gasteiger partial charge in [-0.25, -0.2) is 0 Å². The summed E-state index contributed by atoms with van der Waals surface area (Å²) in [4.78, 5) is 0. The van der Waals surface area contributed by atoms with Gasteiger partial charge in [0.2, 0.25) is 0 Å². The zero-order valence-electron chi connectivity index (χ0n) is 14.0. The summed E-state index contributed by atoms with van der Waals surface area (Å²) in [6, 6.07) is 10.2. The van der Waals surface area contributed by atoms with Gasteiger partial charge in [-0.15, -0.1) is 18.0 Å². The van der Waals surface area contributed by atoms with E-state index in [1.165, 1.54) is 0 Å². The third-order valence-corrected chi connectivity index (χ3v) is 4.69. The monoisotopic (exact) mass is 300 g/mol. The van der Waals surface area contributed by atoms with Crippen molar-refractivity contribution in [2.75, 3.05) is 0 Å². The number of aliphatic hydroxyl groups excluding tert-OH is 1. The van der Waals surface area contributed by atoms with Crippen LogP contribution < -0.4 is 0 Å². The summed E-state index contributed by atoms with van der Waals surface area (Å²) in [5, 5.41) is 10.8. The van der Waals surface area contributed by atoms with Gasteiger partial charge in [0.25, 0.3) is 0 Å². The van der Waals surface area contributed by atoms with Gasteiger partial charge in [0.05, 0.1) is 6.10 Å². The van der Waals surface area contributed by atoms with Gasteiger partial charge in [0.1, 0.15) is 8.07 Å². The summed E-state index contributed by atoms with van der Waals surface area (Å²) in [7, 11) is -1.36. The van der Waals surface area contributed by atoms with Crippen molar-refractivity contribution in [1.29, 1.82) is 0 Å². The van der Waals surface area contributed by atoms with Crippen LogP contribution in [-0.2, 0) is 5.41 Å². The van der Waals surface area contributed by atoms with Gasteiger partial charge in [0.15, 0.2) is 0 Å². The molecule has 0 radical (unpaired) electrons. The lowest BCUT2D eigenvalue weighted by Crippen LogP contribution is -2.38. The molecule has 1 nitrogen and oxygen atoms in total. The normalized spacial score (nSPS) is 14.8. The molecule has 1 rings (SSSR count). The SMILES string of the molecule is C=C[C@H](CC#C[Si](C)(C)C)[C@@H](O)C(C)(C)c1ccccc1. The minimum absolute atomic E-state index is 0.0101. The van der Waals surface area contributed by atoms with Crippen LogP contribution in [0.4, 0.5) is 0 Å². The largest absolute Gasteiger partial charge is 0.392 e. The molecule has 0 spiro atoms. The van der Waals surface area contributed by atoms with Crippen molar-refractivity contribution in [1.82, 2.24) is 0 Å². The van der Waals surface area contributed by atoms with Gasteiger partial charge in [-0.3, -0.25) is 0 Å². The van der Waals surface area contributed by atoms with E-state index in [2.05, 4.69) is 63.7 Å². The molecule has 0 heterocycles. The van der Waals surface area contributed by atoms with E-state index >= 15 is 0 Å². The fourth-order valence-electron chi connectivity index (χ4n) is 2.33. The van der Waals surface area contributed by atoms with Crippen LogP contribution >= 0.6 is 0 Å². The molecule has 0 aliphatic heterocycles. The Morgan fingerprint density at radius 3 is 2.29 bits per heavy atom. The first-order valence-corrected chi connectivity index (χ1v) is 11.0. The lowest BCUT2D eigenvalue weighted by atomic mass is 9.73. The molecule has 0 bridgehead atoms. The average molecular weight is 301 g/mol. The first kappa shape index (κ1) is 17.7. The summed E-state index contributed by atoms with van der Waals surface area (Å²) in [6.45, 7) is 14.7. The molecule has 0 saturated heterocycles. The van der Waals surface area contributed by atoms with Crippen LogP contribution in [0.5, 0.6) is 0 Å². The fourth-order valence-corrected chi connectivity index (χ4v) is 2.96. The predicted octanol–water partition coefficient (Wildman–Crippen LogP) is 4.40. The van der Waals surface area contributed by atoms with Crippen molar-refractivity contribution in [3.8, 4) is 11.5 Å². The highest BCUT2D eigenvalue weighted by Gasteiger charge is 2.33. The van der Waals surface area contributed by atoms with Gasteiger partial charge in [-0.1, -0.05) is 69.9 Å². The number of benzene rings is 1. The third-order valence-electron chi connectivity index (χ3n) is 3.77. The van der Waals surface area contributed by atoms with E-state index in [0.717, 1.165) is 5.56 Å². The van der Waals surface area contributed by atoms with E-state index in [0.29, 0.717) is 6.42 Å². The minimum atomic E-state index is -1.36. The Balaban J connectivity index is 2.90. The van der Waals surface area contributed by atoms with Gasteiger partial charge in [-0.2, -0.15) is 0 Å². The van der Waals surface area contributed by atoms with Gasteiger partial charge < -0.3 is 5.11 Å². The van der Waals surface area contributed by atoms with Crippen molar-refractivity contribution in [2.45, 2.75) is 51.4 Å². The number of hydrogen-bond donors (Lipinski definition) is 1. The molecular weight excluding hydrogens is 272 g/mol. The van der Waals surface area contributed by atoms with Crippen LogP contribution in [0.3, 0.4) is 0 Å². The van der Waals surface area contributed by atoms with Crippen LogP contribution in [0.15, 0.2) is 43.0 Å². The van der Waals surface area contributed by atoms with E-state index in [-0.39, 0.29) is 11.3 Å². The van der Waals surface area contributed by atoms with Crippen LogP contribution in [0.2, 0.25) is 19.6 Å². The predicted molar refractivity (Wildman–Crippen MR) is 94.9 cm³/mol. The summed E-state index contributed by atoms with van der Waals surface area (Å²) in [5.74, 6) is 3.25. The molecule has 21 heavy (non-hydrogen) atoms. The Bertz CT molecular complexity index is 514. The summed E-state index contributed by atoms with van der Waals surface area (Å²) >= 11 is 0. The van der Waals surface area contributed by atoms with Crippen molar-refractivity contribution < 1.29 is 5.11 Å². The highest BCUT2D eigenvalue weighted by molar-refractivity contribution is 6.83. The lowest BCUT2D eigenvalue weighted by Gasteiger charge is -2.34. The molecule has 0 aliphatic carbocycles. The number of hydrogen-bond acceptors (Lipinski definition) is 1. The molecule has 0 aromatic heterocycles. The van der Waals surface area contributed by atoms with Crippen LogP contribution in [0.25, 0.3) is 0 Å². The molecular formula is C19H28OSi. The molecule has 0 aliphatic rings. The van der Waals surface area contributed by atoms with E-state index in [1.54, 1.807) is 0 Å². The summed E-state index contributed by atoms with van der Waals surface area (Å²) in [6.07, 6.45) is 2.02. The second-order valence-corrected chi connectivity index (χ2v) is 11.9. The quantitative estimate of drug-likeness (QED) is 0.485. The van der Waals surface area contributed by atoms with Crippen molar-refractivity contribution in [2.24, 2.45) is 5.92 Å². The molecule has 0 unspecified atom stereocenters. The number of aliphatic hydroxyl groups is 1. The maximum atomic E-state index is 10.8. The van der Waals surface area contributed by atoms with Crippen molar-refractivity contribution in [3.05, 3.63) is 48.6 Å². The molecule has 1 aromatic rings. The maximum absolute atomic E-state index is 10.8. The van der Waals surface area contributed by atoms with E-state index in [4.69, 9.17) is 0 Å². The summed E-state index contributed by atoms with van der Waals surface area (Å²) < 4.78 is 0. The third kappa shape index (κ3) is 5.19. The molecule has 0 amide bonds. The van der Waals surface area contributed by atoms with E-state index in [9.17, 15) is 5.11 Å². The topological polar surface area (TPSA) is 20.2 Å². The average Bonchev–Trinajstić information content (AvgIpc) is 2.42. The highest BCUT2D eigenvalue weighted by Crippen LogP contribution is 2.32. The van der Waals surface area contributed by atoms with Gasteiger partial charge in [-0.05, 0) is 5.56 Å². The molecule has 2 heteroatoms. The molecule has 2 atom stereocenters. The van der Waals surface area contributed by atoms with Crippen LogP contribution in [0.1, 0.15) is 25.8 Å². The van der Waals surface area contributed by atoms with Crippen LogP contribution in [-0.4, -0.2) is 19.3 Å². The Morgan fingerprint density at radius 1 is 1.24 bits per heavy atom. The summed E-state index contributed by atoms with van der Waals surface area (Å²) in [5.41, 5.74) is 4.19. The Hall–Kier alpha value is -1.30. The Labute approximate surface area is 131 Å². The first-order valence-electron chi connectivity index (χ1n) is 7.54. The molecule has 1 N–H and O–H groups in total. The van der Waals surface area contributed by atoms with Crippen molar-refractivity contribution >= 4 is 8.07 Å². The fraction of sp³-hybridized carbons (Fsp3) is 0.474.